The molecule has 0 saturated carbocycles. The quantitative estimate of drug-likeness (QED) is 0.750. The van der Waals surface area contributed by atoms with Gasteiger partial charge in [0.1, 0.15) is 5.75 Å². The van der Waals surface area contributed by atoms with Gasteiger partial charge in [0.2, 0.25) is 11.8 Å². The summed E-state index contributed by atoms with van der Waals surface area (Å²) in [4.78, 5) is 25.7. The van der Waals surface area contributed by atoms with Crippen LogP contribution in [-0.2, 0) is 16.0 Å². The number of rotatable bonds is 9. The predicted octanol–water partition coefficient (Wildman–Crippen LogP) is 3.51. The van der Waals surface area contributed by atoms with Crippen molar-refractivity contribution in [1.82, 2.24) is 4.90 Å². The molecule has 0 fully saturated rings. The number of methoxy groups -OCH3 is 1. The number of nitrogens with zero attached hydrogens (tertiary/aromatic N) is 1. The van der Waals surface area contributed by atoms with Crippen molar-refractivity contribution in [3.8, 4) is 5.75 Å². The number of aryl methyl sites for hydroxylation is 1. The number of anilines is 1. The van der Waals surface area contributed by atoms with E-state index in [2.05, 4.69) is 17.4 Å². The van der Waals surface area contributed by atoms with Crippen LogP contribution in [0.5, 0.6) is 5.75 Å². The Morgan fingerprint density at radius 2 is 1.81 bits per heavy atom. The maximum atomic E-state index is 12.1. The molecular formula is C21H26N2O3. The van der Waals surface area contributed by atoms with Gasteiger partial charge >= 0.3 is 0 Å². The second-order valence-corrected chi connectivity index (χ2v) is 6.13. The van der Waals surface area contributed by atoms with E-state index in [1.807, 2.05) is 36.4 Å². The Balaban J connectivity index is 1.77. The van der Waals surface area contributed by atoms with Crippen LogP contribution in [0.2, 0.25) is 0 Å². The van der Waals surface area contributed by atoms with Crippen molar-refractivity contribution in [3.05, 3.63) is 60.2 Å². The molecule has 0 spiro atoms. The lowest BCUT2D eigenvalue weighted by Crippen LogP contribution is -2.33. The molecule has 0 saturated heterocycles. The molecule has 0 aliphatic carbocycles. The van der Waals surface area contributed by atoms with Gasteiger partial charge in [-0.15, -0.1) is 0 Å². The van der Waals surface area contributed by atoms with E-state index in [1.165, 1.54) is 5.56 Å². The van der Waals surface area contributed by atoms with E-state index in [9.17, 15) is 9.59 Å². The third-order valence-corrected chi connectivity index (χ3v) is 4.14. The monoisotopic (exact) mass is 354 g/mol. The number of hydrogen-bond donors (Lipinski definition) is 1. The average Bonchev–Trinajstić information content (AvgIpc) is 2.65. The van der Waals surface area contributed by atoms with Crippen molar-refractivity contribution in [2.45, 2.75) is 26.2 Å². The second-order valence-electron chi connectivity index (χ2n) is 6.13. The summed E-state index contributed by atoms with van der Waals surface area (Å²) in [5.74, 6) is 0.564. The first-order valence-electron chi connectivity index (χ1n) is 8.82. The first-order valence-corrected chi connectivity index (χ1v) is 8.82. The highest BCUT2D eigenvalue weighted by atomic mass is 16.5. The lowest BCUT2D eigenvalue weighted by atomic mass is 10.1. The Labute approximate surface area is 155 Å². The fourth-order valence-corrected chi connectivity index (χ4v) is 2.71. The van der Waals surface area contributed by atoms with Gasteiger partial charge in [0, 0.05) is 38.2 Å². The van der Waals surface area contributed by atoms with Gasteiger partial charge in [-0.25, -0.2) is 0 Å². The van der Waals surface area contributed by atoms with Crippen LogP contribution in [0.3, 0.4) is 0 Å². The minimum absolute atomic E-state index is 0.00718. The smallest absolute Gasteiger partial charge is 0.226 e. The standard InChI is InChI=1S/C21H26N2O3/c1-17(24)23(14-7-10-18-8-4-3-5-9-18)15-13-21(25)22-19-11-6-12-20(16-19)26-2/h3-6,8-9,11-12,16H,7,10,13-15H2,1-2H3,(H,22,25). The molecule has 1 N–H and O–H groups in total. The molecule has 0 radical (unpaired) electrons. The largest absolute Gasteiger partial charge is 0.497 e. The van der Waals surface area contributed by atoms with Crippen LogP contribution in [0.25, 0.3) is 0 Å². The van der Waals surface area contributed by atoms with Crippen molar-refractivity contribution < 1.29 is 14.3 Å². The van der Waals surface area contributed by atoms with E-state index >= 15 is 0 Å². The predicted molar refractivity (Wildman–Crippen MR) is 103 cm³/mol. The lowest BCUT2D eigenvalue weighted by Gasteiger charge is -2.21. The fraction of sp³-hybridized carbons (Fsp3) is 0.333. The van der Waals surface area contributed by atoms with Crippen LogP contribution in [0.15, 0.2) is 54.6 Å². The number of ether oxygens (including phenoxy) is 1. The molecule has 0 aliphatic rings. The molecular weight excluding hydrogens is 328 g/mol. The molecule has 0 aromatic heterocycles. The minimum Gasteiger partial charge on any atom is -0.497 e. The summed E-state index contributed by atoms with van der Waals surface area (Å²) < 4.78 is 5.14. The fourth-order valence-electron chi connectivity index (χ4n) is 2.71. The van der Waals surface area contributed by atoms with E-state index in [1.54, 1.807) is 25.0 Å². The zero-order valence-corrected chi connectivity index (χ0v) is 15.4. The number of carbonyl (C=O) groups is 2. The molecule has 2 aromatic carbocycles. The van der Waals surface area contributed by atoms with Gasteiger partial charge < -0.3 is 15.0 Å². The van der Waals surface area contributed by atoms with E-state index in [4.69, 9.17) is 4.74 Å². The summed E-state index contributed by atoms with van der Waals surface area (Å²) in [6.07, 6.45) is 2.06. The van der Waals surface area contributed by atoms with E-state index in [0.717, 1.165) is 12.8 Å². The third kappa shape index (κ3) is 6.59. The summed E-state index contributed by atoms with van der Waals surface area (Å²) in [5.41, 5.74) is 1.94. The van der Waals surface area contributed by atoms with Gasteiger partial charge in [0.15, 0.2) is 0 Å². The number of hydrogen-bond acceptors (Lipinski definition) is 3. The number of benzene rings is 2. The molecule has 26 heavy (non-hydrogen) atoms. The Bertz CT molecular complexity index is 716. The molecule has 0 atom stereocenters. The highest BCUT2D eigenvalue weighted by Crippen LogP contribution is 2.16. The van der Waals surface area contributed by atoms with Gasteiger partial charge in [0.25, 0.3) is 0 Å². The molecule has 0 aliphatic heterocycles. The van der Waals surface area contributed by atoms with Crippen LogP contribution < -0.4 is 10.1 Å². The molecule has 5 heteroatoms. The zero-order valence-electron chi connectivity index (χ0n) is 15.4. The van der Waals surface area contributed by atoms with Crippen molar-refractivity contribution >= 4 is 17.5 Å². The first-order chi connectivity index (χ1) is 12.6. The molecule has 138 valence electrons. The molecule has 2 amide bonds. The topological polar surface area (TPSA) is 58.6 Å². The molecule has 2 rings (SSSR count). The van der Waals surface area contributed by atoms with Crippen LogP contribution in [0, 0.1) is 0 Å². The van der Waals surface area contributed by atoms with E-state index in [0.29, 0.717) is 24.5 Å². The summed E-state index contributed by atoms with van der Waals surface area (Å²) in [7, 11) is 1.58. The highest BCUT2D eigenvalue weighted by Gasteiger charge is 2.11. The normalized spacial score (nSPS) is 10.2. The molecule has 0 unspecified atom stereocenters. The number of nitrogens with one attached hydrogen (secondary N) is 1. The molecule has 0 heterocycles. The van der Waals surface area contributed by atoms with Crippen LogP contribution in [-0.4, -0.2) is 36.9 Å². The summed E-state index contributed by atoms with van der Waals surface area (Å²) in [6, 6.07) is 17.4. The first kappa shape index (κ1) is 19.5. The van der Waals surface area contributed by atoms with Crippen molar-refractivity contribution in [2.24, 2.45) is 0 Å². The Morgan fingerprint density at radius 1 is 1.04 bits per heavy atom. The third-order valence-electron chi connectivity index (χ3n) is 4.14. The van der Waals surface area contributed by atoms with Gasteiger partial charge in [-0.05, 0) is 30.5 Å². The van der Waals surface area contributed by atoms with Crippen LogP contribution in [0.4, 0.5) is 5.69 Å². The molecule has 2 aromatic rings. The minimum atomic E-state index is -0.118. The average molecular weight is 354 g/mol. The zero-order chi connectivity index (χ0) is 18.8. The van der Waals surface area contributed by atoms with Crippen molar-refractivity contribution in [3.63, 3.8) is 0 Å². The maximum Gasteiger partial charge on any atom is 0.226 e. The number of amides is 2. The Hall–Kier alpha value is -2.82. The van der Waals surface area contributed by atoms with Gasteiger partial charge in [-0.3, -0.25) is 9.59 Å². The van der Waals surface area contributed by atoms with Gasteiger partial charge in [0.05, 0.1) is 7.11 Å². The molecule has 5 nitrogen and oxygen atoms in total. The Morgan fingerprint density at radius 3 is 2.50 bits per heavy atom. The van der Waals surface area contributed by atoms with E-state index < -0.39 is 0 Å². The lowest BCUT2D eigenvalue weighted by molar-refractivity contribution is -0.129. The summed E-state index contributed by atoms with van der Waals surface area (Å²) in [5, 5.41) is 2.84. The van der Waals surface area contributed by atoms with Crippen LogP contribution in [0.1, 0.15) is 25.3 Å². The molecule has 0 bridgehead atoms. The Kier molecular flexibility index (Phi) is 7.68. The SMILES string of the molecule is COc1cccc(NC(=O)CCN(CCCc2ccccc2)C(C)=O)c1. The van der Waals surface area contributed by atoms with Gasteiger partial charge in [-0.1, -0.05) is 36.4 Å². The van der Waals surface area contributed by atoms with Crippen molar-refractivity contribution in [2.75, 3.05) is 25.5 Å². The second kappa shape index (κ2) is 10.2. The van der Waals surface area contributed by atoms with Crippen molar-refractivity contribution in [1.29, 1.82) is 0 Å². The van der Waals surface area contributed by atoms with Crippen LogP contribution >= 0.6 is 0 Å². The summed E-state index contributed by atoms with van der Waals surface area (Å²) >= 11 is 0. The highest BCUT2D eigenvalue weighted by molar-refractivity contribution is 5.91. The van der Waals surface area contributed by atoms with Gasteiger partial charge in [-0.2, -0.15) is 0 Å². The number of carbonyl (C=O) groups excluding carboxylic acids is 2. The maximum absolute atomic E-state index is 12.1. The summed E-state index contributed by atoms with van der Waals surface area (Å²) in [6.45, 7) is 2.61. The van der Waals surface area contributed by atoms with E-state index in [-0.39, 0.29) is 18.2 Å².